The molecular formula is C24H24N4O3. The average Bonchev–Trinajstić information content (AvgIpc) is 3.18. The number of ether oxygens (including phenoxy) is 1. The Morgan fingerprint density at radius 3 is 2.42 bits per heavy atom. The maximum absolute atomic E-state index is 13.2. The van der Waals surface area contributed by atoms with Crippen LogP contribution in [0.5, 0.6) is 5.75 Å². The van der Waals surface area contributed by atoms with Gasteiger partial charge in [0, 0.05) is 25.0 Å². The lowest BCUT2D eigenvalue weighted by molar-refractivity contribution is -0.119. The van der Waals surface area contributed by atoms with E-state index in [1.807, 2.05) is 66.7 Å². The first-order valence-electron chi connectivity index (χ1n) is 10.1. The van der Waals surface area contributed by atoms with Gasteiger partial charge in [0.2, 0.25) is 5.91 Å². The lowest BCUT2D eigenvalue weighted by Gasteiger charge is -2.25. The van der Waals surface area contributed by atoms with Crippen LogP contribution in [-0.4, -0.2) is 48.6 Å². The quantitative estimate of drug-likeness (QED) is 0.591. The van der Waals surface area contributed by atoms with Crippen molar-refractivity contribution in [1.29, 1.82) is 0 Å². The Morgan fingerprint density at radius 1 is 1.00 bits per heavy atom. The van der Waals surface area contributed by atoms with Gasteiger partial charge in [-0.3, -0.25) is 14.6 Å². The summed E-state index contributed by atoms with van der Waals surface area (Å²) in [5, 5.41) is 0. The summed E-state index contributed by atoms with van der Waals surface area (Å²) in [5.74, 6) is 1.12. The van der Waals surface area contributed by atoms with Crippen molar-refractivity contribution in [1.82, 2.24) is 9.88 Å². The van der Waals surface area contributed by atoms with Gasteiger partial charge in [-0.1, -0.05) is 36.4 Å². The summed E-state index contributed by atoms with van der Waals surface area (Å²) in [7, 11) is 1.60. The van der Waals surface area contributed by atoms with Crippen molar-refractivity contribution in [2.75, 3.05) is 36.5 Å². The van der Waals surface area contributed by atoms with E-state index < -0.39 is 0 Å². The molecule has 158 valence electrons. The zero-order valence-electron chi connectivity index (χ0n) is 17.3. The lowest BCUT2D eigenvalue weighted by atomic mass is 10.2. The van der Waals surface area contributed by atoms with E-state index >= 15 is 0 Å². The minimum Gasteiger partial charge on any atom is -0.497 e. The van der Waals surface area contributed by atoms with Crippen LogP contribution < -0.4 is 14.5 Å². The zero-order chi connectivity index (χ0) is 21.6. The monoisotopic (exact) mass is 416 g/mol. The van der Waals surface area contributed by atoms with Gasteiger partial charge < -0.3 is 9.64 Å². The van der Waals surface area contributed by atoms with Crippen LogP contribution in [-0.2, 0) is 11.3 Å². The minimum absolute atomic E-state index is 0.00506. The summed E-state index contributed by atoms with van der Waals surface area (Å²) < 4.78 is 5.18. The number of amides is 3. The number of carbonyl (C=O) groups excluding carboxylic acids is 2. The van der Waals surface area contributed by atoms with E-state index in [4.69, 9.17) is 4.74 Å². The molecule has 1 aliphatic rings. The number of benzene rings is 2. The summed E-state index contributed by atoms with van der Waals surface area (Å²) in [6.07, 6.45) is 1.66. The molecule has 0 spiro atoms. The zero-order valence-corrected chi connectivity index (χ0v) is 17.3. The van der Waals surface area contributed by atoms with Gasteiger partial charge in [-0.15, -0.1) is 0 Å². The number of rotatable bonds is 7. The molecule has 1 fully saturated rings. The Labute approximate surface area is 181 Å². The first-order valence-corrected chi connectivity index (χ1v) is 10.1. The standard InChI is InChI=1S/C24H24N4O3/c1-31-21-12-10-20(11-13-21)27-16-15-26(24(27)30)18-23(29)28(22-9-5-6-14-25-22)17-19-7-3-2-4-8-19/h2-14H,15-18H2,1H3. The predicted molar refractivity (Wildman–Crippen MR) is 119 cm³/mol. The SMILES string of the molecule is COc1ccc(N2CCN(CC(=O)N(Cc3ccccc3)c3ccccn3)C2=O)cc1. The van der Waals surface area contributed by atoms with Crippen molar-refractivity contribution in [3.05, 3.63) is 84.6 Å². The van der Waals surface area contributed by atoms with E-state index in [1.54, 1.807) is 34.1 Å². The number of nitrogens with zero attached hydrogens (tertiary/aromatic N) is 4. The van der Waals surface area contributed by atoms with Gasteiger partial charge in [0.15, 0.2) is 0 Å². The van der Waals surface area contributed by atoms with Gasteiger partial charge in [0.05, 0.1) is 13.7 Å². The Morgan fingerprint density at radius 2 is 1.74 bits per heavy atom. The van der Waals surface area contributed by atoms with E-state index in [9.17, 15) is 9.59 Å². The molecule has 1 aliphatic heterocycles. The van der Waals surface area contributed by atoms with Crippen molar-refractivity contribution in [3.8, 4) is 5.75 Å². The summed E-state index contributed by atoms with van der Waals surface area (Å²) in [5.41, 5.74) is 1.78. The van der Waals surface area contributed by atoms with Crippen molar-refractivity contribution < 1.29 is 14.3 Å². The average molecular weight is 416 g/mol. The van der Waals surface area contributed by atoms with Crippen molar-refractivity contribution in [2.45, 2.75) is 6.54 Å². The van der Waals surface area contributed by atoms with Crippen LogP contribution in [0.4, 0.5) is 16.3 Å². The highest BCUT2D eigenvalue weighted by Gasteiger charge is 2.32. The second kappa shape index (κ2) is 9.30. The maximum Gasteiger partial charge on any atom is 0.325 e. The molecule has 0 saturated carbocycles. The van der Waals surface area contributed by atoms with E-state index in [-0.39, 0.29) is 18.5 Å². The number of urea groups is 1. The van der Waals surface area contributed by atoms with Crippen LogP contribution in [0.2, 0.25) is 0 Å². The van der Waals surface area contributed by atoms with E-state index in [2.05, 4.69) is 4.98 Å². The largest absolute Gasteiger partial charge is 0.497 e. The molecule has 3 aromatic rings. The number of pyridine rings is 1. The molecule has 1 aromatic heterocycles. The second-order valence-electron chi connectivity index (χ2n) is 7.21. The highest BCUT2D eigenvalue weighted by Crippen LogP contribution is 2.23. The number of hydrogen-bond acceptors (Lipinski definition) is 4. The molecular weight excluding hydrogens is 392 g/mol. The molecule has 1 saturated heterocycles. The van der Waals surface area contributed by atoms with E-state index in [0.717, 1.165) is 17.0 Å². The Hall–Kier alpha value is -3.87. The number of carbonyl (C=O) groups is 2. The molecule has 3 amide bonds. The fourth-order valence-corrected chi connectivity index (χ4v) is 3.56. The number of methoxy groups -OCH3 is 1. The number of aromatic nitrogens is 1. The normalized spacial score (nSPS) is 13.4. The first-order chi connectivity index (χ1) is 15.2. The highest BCUT2D eigenvalue weighted by atomic mass is 16.5. The van der Waals surface area contributed by atoms with Crippen LogP contribution in [0.25, 0.3) is 0 Å². The van der Waals surface area contributed by atoms with E-state index in [1.165, 1.54) is 0 Å². The maximum atomic E-state index is 13.2. The first kappa shape index (κ1) is 20.4. The molecule has 7 heteroatoms. The molecule has 2 heterocycles. The fraction of sp³-hybridized carbons (Fsp3) is 0.208. The molecule has 31 heavy (non-hydrogen) atoms. The Balaban J connectivity index is 1.48. The van der Waals surface area contributed by atoms with Crippen molar-refractivity contribution in [2.24, 2.45) is 0 Å². The molecule has 0 aliphatic carbocycles. The second-order valence-corrected chi connectivity index (χ2v) is 7.21. The smallest absolute Gasteiger partial charge is 0.325 e. The fourth-order valence-electron chi connectivity index (χ4n) is 3.56. The Bertz CT molecular complexity index is 1030. The molecule has 0 unspecified atom stereocenters. The summed E-state index contributed by atoms with van der Waals surface area (Å²) in [4.78, 5) is 35.4. The predicted octanol–water partition coefficient (Wildman–Crippen LogP) is 3.57. The number of hydrogen-bond donors (Lipinski definition) is 0. The third kappa shape index (κ3) is 4.66. The van der Waals surface area contributed by atoms with Gasteiger partial charge in [0.1, 0.15) is 18.1 Å². The third-order valence-electron chi connectivity index (χ3n) is 5.22. The number of anilines is 2. The van der Waals surface area contributed by atoms with Gasteiger partial charge in [-0.25, -0.2) is 9.78 Å². The van der Waals surface area contributed by atoms with Crippen LogP contribution in [0, 0.1) is 0 Å². The van der Waals surface area contributed by atoms with Gasteiger partial charge in [0.25, 0.3) is 0 Å². The highest BCUT2D eigenvalue weighted by molar-refractivity contribution is 6.00. The van der Waals surface area contributed by atoms with Gasteiger partial charge in [-0.05, 0) is 42.0 Å². The van der Waals surface area contributed by atoms with E-state index in [0.29, 0.717) is 25.5 Å². The molecule has 4 rings (SSSR count). The summed E-state index contributed by atoms with van der Waals surface area (Å²) in [6.45, 7) is 1.40. The molecule has 0 N–H and O–H groups in total. The van der Waals surface area contributed by atoms with Gasteiger partial charge in [-0.2, -0.15) is 0 Å². The van der Waals surface area contributed by atoms with Gasteiger partial charge >= 0.3 is 6.03 Å². The van der Waals surface area contributed by atoms with Crippen LogP contribution in [0.3, 0.4) is 0 Å². The molecule has 0 atom stereocenters. The minimum atomic E-state index is -0.181. The lowest BCUT2D eigenvalue weighted by Crippen LogP contribution is -2.42. The van der Waals surface area contributed by atoms with Crippen LogP contribution in [0.15, 0.2) is 79.0 Å². The van der Waals surface area contributed by atoms with Crippen molar-refractivity contribution in [3.63, 3.8) is 0 Å². The van der Waals surface area contributed by atoms with Crippen LogP contribution >= 0.6 is 0 Å². The molecule has 0 bridgehead atoms. The third-order valence-corrected chi connectivity index (χ3v) is 5.22. The van der Waals surface area contributed by atoms with Crippen molar-refractivity contribution >= 4 is 23.4 Å². The molecule has 2 aromatic carbocycles. The van der Waals surface area contributed by atoms with Crippen LogP contribution in [0.1, 0.15) is 5.56 Å². The molecule has 7 nitrogen and oxygen atoms in total. The topological polar surface area (TPSA) is 66.0 Å². The summed E-state index contributed by atoms with van der Waals surface area (Å²) in [6, 6.07) is 22.4. The Kier molecular flexibility index (Phi) is 6.12. The molecule has 0 radical (unpaired) electrons. The summed E-state index contributed by atoms with van der Waals surface area (Å²) >= 11 is 0.